The number of carbonyl (C=O) groups excluding carboxylic acids is 1. The van der Waals surface area contributed by atoms with Gasteiger partial charge in [0.15, 0.2) is 5.13 Å². The van der Waals surface area contributed by atoms with Crippen LogP contribution in [0.25, 0.3) is 11.3 Å². The van der Waals surface area contributed by atoms with Crippen LogP contribution in [0.4, 0.5) is 10.8 Å². The van der Waals surface area contributed by atoms with Crippen molar-refractivity contribution in [2.75, 3.05) is 5.32 Å². The van der Waals surface area contributed by atoms with E-state index in [9.17, 15) is 20.2 Å². The van der Waals surface area contributed by atoms with E-state index >= 15 is 0 Å². The Morgan fingerprint density at radius 2 is 2.03 bits per heavy atom. The largest absolute Gasteiger partial charge is 0.301 e. The number of rotatable bonds is 7. The lowest BCUT2D eigenvalue weighted by Gasteiger charge is -2.13. The Bertz CT molecular complexity index is 1170. The number of nitrogens with zero attached hydrogens (tertiary/aromatic N) is 4. The van der Waals surface area contributed by atoms with Crippen molar-refractivity contribution >= 4 is 39.8 Å². The van der Waals surface area contributed by atoms with Gasteiger partial charge in [-0.3, -0.25) is 14.9 Å². The van der Waals surface area contributed by atoms with Gasteiger partial charge in [0.2, 0.25) is 5.91 Å². The molecule has 3 rings (SSSR count). The minimum absolute atomic E-state index is 0.0227. The number of non-ortho nitro benzene ring substituents is 1. The monoisotopic (exact) mass is 453 g/mol. The zero-order valence-electron chi connectivity index (χ0n) is 17.0. The molecular weight excluding hydrogens is 434 g/mol. The fourth-order valence-electron chi connectivity index (χ4n) is 2.62. The molecule has 0 fully saturated rings. The third-order valence-corrected chi connectivity index (χ3v) is 6.20. The molecule has 3 aromatic rings. The summed E-state index contributed by atoms with van der Waals surface area (Å²) in [6.45, 7) is 5.76. The van der Waals surface area contributed by atoms with Gasteiger partial charge in [0.25, 0.3) is 5.69 Å². The standard InChI is InChI=1S/C21H19N5O3S2/c1-12(2)17-8-7-15(10-22)20(23-17)31-13(3)19(27)25-21-24-18(11-30-21)14-5-4-6-16(9-14)26(28)29/h4-9,11-13H,1-3H3,(H,24,25,27). The number of nitrogens with one attached hydrogen (secondary N) is 1. The topological polar surface area (TPSA) is 122 Å². The first kappa shape index (κ1) is 22.4. The van der Waals surface area contributed by atoms with Gasteiger partial charge in [0.05, 0.1) is 21.4 Å². The van der Waals surface area contributed by atoms with E-state index in [4.69, 9.17) is 0 Å². The van der Waals surface area contributed by atoms with Crippen LogP contribution in [0, 0.1) is 21.4 Å². The first-order valence-electron chi connectivity index (χ1n) is 9.37. The Kier molecular flexibility index (Phi) is 6.99. The van der Waals surface area contributed by atoms with Crippen molar-refractivity contribution in [1.29, 1.82) is 5.26 Å². The highest BCUT2D eigenvalue weighted by Gasteiger charge is 2.20. The maximum Gasteiger partial charge on any atom is 0.270 e. The number of thiazole rings is 1. The molecule has 158 valence electrons. The lowest BCUT2D eigenvalue weighted by Crippen LogP contribution is -2.22. The second kappa shape index (κ2) is 9.68. The maximum absolute atomic E-state index is 12.7. The SMILES string of the molecule is CC(Sc1nc(C(C)C)ccc1C#N)C(=O)Nc1nc(-c2cccc([N+](=O)[O-])c2)cs1. The van der Waals surface area contributed by atoms with Crippen molar-refractivity contribution in [2.45, 2.75) is 37.0 Å². The highest BCUT2D eigenvalue weighted by atomic mass is 32.2. The second-order valence-electron chi connectivity index (χ2n) is 6.95. The summed E-state index contributed by atoms with van der Waals surface area (Å²) in [5, 5.41) is 25.2. The number of hydrogen-bond donors (Lipinski definition) is 1. The summed E-state index contributed by atoms with van der Waals surface area (Å²) in [4.78, 5) is 32.1. The lowest BCUT2D eigenvalue weighted by molar-refractivity contribution is -0.384. The Morgan fingerprint density at radius 3 is 2.71 bits per heavy atom. The first-order valence-corrected chi connectivity index (χ1v) is 11.1. The van der Waals surface area contributed by atoms with Gasteiger partial charge in [-0.2, -0.15) is 5.26 Å². The molecule has 1 atom stereocenters. The first-order chi connectivity index (χ1) is 14.8. The second-order valence-corrected chi connectivity index (χ2v) is 9.14. The van der Waals surface area contributed by atoms with Gasteiger partial charge in [0, 0.05) is 28.8 Å². The van der Waals surface area contributed by atoms with Gasteiger partial charge in [-0.25, -0.2) is 9.97 Å². The van der Waals surface area contributed by atoms with E-state index in [1.165, 1.54) is 35.2 Å². The fraction of sp³-hybridized carbons (Fsp3) is 0.238. The Hall–Kier alpha value is -3.29. The number of benzene rings is 1. The van der Waals surface area contributed by atoms with Gasteiger partial charge in [0.1, 0.15) is 11.1 Å². The van der Waals surface area contributed by atoms with E-state index in [0.717, 1.165) is 5.69 Å². The van der Waals surface area contributed by atoms with Crippen LogP contribution in [0.15, 0.2) is 46.8 Å². The van der Waals surface area contributed by atoms with Gasteiger partial charge in [-0.1, -0.05) is 37.7 Å². The van der Waals surface area contributed by atoms with Gasteiger partial charge in [-0.15, -0.1) is 11.3 Å². The number of carbonyl (C=O) groups is 1. The number of anilines is 1. The zero-order chi connectivity index (χ0) is 22.5. The minimum Gasteiger partial charge on any atom is -0.301 e. The number of nitriles is 1. The number of nitro benzene ring substituents is 1. The van der Waals surface area contributed by atoms with E-state index in [-0.39, 0.29) is 17.5 Å². The molecule has 8 nitrogen and oxygen atoms in total. The highest BCUT2D eigenvalue weighted by molar-refractivity contribution is 8.00. The van der Waals surface area contributed by atoms with Crippen LogP contribution < -0.4 is 5.32 Å². The van der Waals surface area contributed by atoms with Crippen LogP contribution in [0.2, 0.25) is 0 Å². The van der Waals surface area contributed by atoms with Crippen LogP contribution in [-0.2, 0) is 4.79 Å². The molecule has 1 N–H and O–H groups in total. The number of thioether (sulfide) groups is 1. The number of aromatic nitrogens is 2. The Morgan fingerprint density at radius 1 is 1.26 bits per heavy atom. The average Bonchev–Trinajstić information content (AvgIpc) is 3.22. The zero-order valence-corrected chi connectivity index (χ0v) is 18.7. The van der Waals surface area contributed by atoms with E-state index in [2.05, 4.69) is 21.4 Å². The van der Waals surface area contributed by atoms with E-state index < -0.39 is 10.2 Å². The van der Waals surface area contributed by atoms with Gasteiger partial charge in [-0.05, 0) is 25.0 Å². The summed E-state index contributed by atoms with van der Waals surface area (Å²) in [5.74, 6) is -0.0654. The number of hydrogen-bond acceptors (Lipinski definition) is 8. The van der Waals surface area contributed by atoms with E-state index in [1.54, 1.807) is 30.5 Å². The minimum atomic E-state index is -0.507. The lowest BCUT2D eigenvalue weighted by atomic mass is 10.1. The predicted molar refractivity (Wildman–Crippen MR) is 121 cm³/mol. The molecule has 1 aromatic carbocycles. The predicted octanol–water partition coefficient (Wildman–Crippen LogP) is 5.23. The number of amides is 1. The van der Waals surface area contributed by atoms with Crippen LogP contribution in [-0.4, -0.2) is 26.0 Å². The molecule has 0 aliphatic carbocycles. The summed E-state index contributed by atoms with van der Waals surface area (Å²) in [7, 11) is 0. The molecule has 0 aliphatic rings. The van der Waals surface area contributed by atoms with E-state index in [1.807, 2.05) is 19.9 Å². The molecule has 1 unspecified atom stereocenters. The van der Waals surface area contributed by atoms with Crippen LogP contribution in [0.1, 0.15) is 37.9 Å². The maximum atomic E-state index is 12.7. The third kappa shape index (κ3) is 5.45. The van der Waals surface area contributed by atoms with Crippen molar-refractivity contribution in [1.82, 2.24) is 9.97 Å². The molecule has 2 heterocycles. The Labute approximate surface area is 187 Å². The molecule has 1 amide bonds. The molecule has 31 heavy (non-hydrogen) atoms. The molecule has 2 aromatic heterocycles. The van der Waals surface area contributed by atoms with Crippen molar-refractivity contribution < 1.29 is 9.72 Å². The van der Waals surface area contributed by atoms with Crippen molar-refractivity contribution in [3.8, 4) is 17.3 Å². The third-order valence-electron chi connectivity index (χ3n) is 4.34. The summed E-state index contributed by atoms with van der Waals surface area (Å²) in [6, 6.07) is 11.8. The summed E-state index contributed by atoms with van der Waals surface area (Å²) in [6.07, 6.45) is 0. The normalized spacial score (nSPS) is 11.7. The van der Waals surface area contributed by atoms with Crippen LogP contribution in [0.5, 0.6) is 0 Å². The van der Waals surface area contributed by atoms with Crippen molar-refractivity contribution in [2.24, 2.45) is 0 Å². The van der Waals surface area contributed by atoms with E-state index in [0.29, 0.717) is 27.0 Å². The average molecular weight is 454 g/mol. The van der Waals surface area contributed by atoms with Crippen molar-refractivity contribution in [3.05, 3.63) is 63.1 Å². The summed E-state index contributed by atoms with van der Waals surface area (Å²) < 4.78 is 0. The van der Waals surface area contributed by atoms with Gasteiger partial charge < -0.3 is 5.32 Å². The summed E-state index contributed by atoms with van der Waals surface area (Å²) in [5.41, 5.74) is 2.40. The molecule has 0 aliphatic heterocycles. The molecule has 0 saturated heterocycles. The smallest absolute Gasteiger partial charge is 0.270 e. The quantitative estimate of drug-likeness (QED) is 0.295. The Balaban J connectivity index is 1.71. The molecule has 0 spiro atoms. The number of pyridine rings is 1. The van der Waals surface area contributed by atoms with Crippen molar-refractivity contribution in [3.63, 3.8) is 0 Å². The fourth-order valence-corrected chi connectivity index (χ4v) is 4.24. The molecule has 0 radical (unpaired) electrons. The van der Waals surface area contributed by atoms with Gasteiger partial charge >= 0.3 is 0 Å². The molecular formula is C21H19N5O3S2. The highest BCUT2D eigenvalue weighted by Crippen LogP contribution is 2.30. The van der Waals surface area contributed by atoms with Crippen LogP contribution in [0.3, 0.4) is 0 Å². The summed E-state index contributed by atoms with van der Waals surface area (Å²) >= 11 is 2.45. The molecule has 0 saturated carbocycles. The number of nitro groups is 1. The van der Waals surface area contributed by atoms with Crippen LogP contribution >= 0.6 is 23.1 Å². The molecule has 0 bridgehead atoms. The molecule has 10 heteroatoms.